The number of nitrogens with zero attached hydrogens (tertiary/aromatic N) is 3. The summed E-state index contributed by atoms with van der Waals surface area (Å²) in [6.45, 7) is 6.12. The van der Waals surface area contributed by atoms with Crippen molar-refractivity contribution >= 4 is 17.8 Å². The van der Waals surface area contributed by atoms with Crippen molar-refractivity contribution in [3.8, 4) is 17.2 Å². The number of fused-ring (bicyclic) bond motifs is 6. The Morgan fingerprint density at radius 3 is 2.64 bits per heavy atom. The van der Waals surface area contributed by atoms with E-state index in [1.807, 2.05) is 54.3 Å². The summed E-state index contributed by atoms with van der Waals surface area (Å²) >= 11 is 0. The number of aromatic amines is 1. The zero-order valence-corrected chi connectivity index (χ0v) is 26.5. The SMILES string of the molecule is CC(=O)O.Cc1nc(=O)[nH]c(C)c1CCC(=O)N1CCc2cc3ccc2C1c1cccc(c1)OCCCNC(=O)c1cncc(c1)O3. The minimum Gasteiger partial charge on any atom is -0.494 e. The number of aryl methyl sites for hydroxylation is 2. The van der Waals surface area contributed by atoms with E-state index in [-0.39, 0.29) is 30.0 Å². The second-order valence-electron chi connectivity index (χ2n) is 11.4. The molecule has 8 bridgehead atoms. The van der Waals surface area contributed by atoms with E-state index in [9.17, 15) is 14.4 Å². The number of H-pyrrole nitrogens is 1. The highest BCUT2D eigenvalue weighted by Gasteiger charge is 2.32. The molecule has 1 unspecified atom stereocenters. The predicted molar refractivity (Wildman–Crippen MR) is 173 cm³/mol. The van der Waals surface area contributed by atoms with Gasteiger partial charge in [-0.15, -0.1) is 0 Å². The molecule has 0 radical (unpaired) electrons. The highest BCUT2D eigenvalue weighted by molar-refractivity contribution is 5.94. The molecule has 0 fully saturated rings. The van der Waals surface area contributed by atoms with E-state index in [1.165, 1.54) is 6.20 Å². The molecule has 5 heterocycles. The summed E-state index contributed by atoms with van der Waals surface area (Å²) in [6.07, 6.45) is 5.14. The molecule has 0 aliphatic carbocycles. The average Bonchev–Trinajstić information content (AvgIpc) is 3.03. The lowest BCUT2D eigenvalue weighted by Gasteiger charge is -2.38. The number of aromatic nitrogens is 3. The highest BCUT2D eigenvalue weighted by atomic mass is 16.5. The van der Waals surface area contributed by atoms with Crippen molar-refractivity contribution in [2.75, 3.05) is 19.7 Å². The van der Waals surface area contributed by atoms with Crippen LogP contribution in [0, 0.1) is 13.8 Å². The topological polar surface area (TPSA) is 164 Å². The van der Waals surface area contributed by atoms with E-state index >= 15 is 0 Å². The highest BCUT2D eigenvalue weighted by Crippen LogP contribution is 2.39. The zero-order chi connectivity index (χ0) is 33.5. The first-order chi connectivity index (χ1) is 22.6. The van der Waals surface area contributed by atoms with Gasteiger partial charge in [0.2, 0.25) is 5.91 Å². The molecule has 1 atom stereocenters. The van der Waals surface area contributed by atoms with Gasteiger partial charge in [0.25, 0.3) is 11.9 Å². The third kappa shape index (κ3) is 8.20. The first-order valence-corrected chi connectivity index (χ1v) is 15.4. The van der Waals surface area contributed by atoms with E-state index in [2.05, 4.69) is 20.3 Å². The minimum atomic E-state index is -0.833. The van der Waals surface area contributed by atoms with Crippen LogP contribution in [0.5, 0.6) is 17.2 Å². The Hall–Kier alpha value is -5.52. The number of carbonyl (C=O) groups excluding carboxylic acids is 2. The minimum absolute atomic E-state index is 0.0214. The van der Waals surface area contributed by atoms with Gasteiger partial charge in [0.1, 0.15) is 17.2 Å². The number of pyridine rings is 1. The van der Waals surface area contributed by atoms with Crippen LogP contribution in [-0.2, 0) is 22.4 Å². The van der Waals surface area contributed by atoms with Gasteiger partial charge in [-0.2, -0.15) is 4.98 Å². The Morgan fingerprint density at radius 1 is 1.04 bits per heavy atom. The monoisotopic (exact) mass is 639 g/mol. The van der Waals surface area contributed by atoms with Crippen LogP contribution >= 0.6 is 0 Å². The first-order valence-electron chi connectivity index (χ1n) is 15.4. The summed E-state index contributed by atoms with van der Waals surface area (Å²) in [7, 11) is 0. The van der Waals surface area contributed by atoms with Gasteiger partial charge in [-0.05, 0) is 85.7 Å². The quantitative estimate of drug-likeness (QED) is 0.297. The number of carbonyl (C=O) groups is 3. The molecule has 0 spiro atoms. The molecule has 3 aliphatic rings. The van der Waals surface area contributed by atoms with E-state index in [4.69, 9.17) is 19.4 Å². The summed E-state index contributed by atoms with van der Waals surface area (Å²) in [4.78, 5) is 60.2. The fourth-order valence-corrected chi connectivity index (χ4v) is 5.87. The molecular weight excluding hydrogens is 602 g/mol. The molecule has 244 valence electrons. The third-order valence-corrected chi connectivity index (χ3v) is 7.97. The van der Waals surface area contributed by atoms with Gasteiger partial charge in [0.15, 0.2) is 0 Å². The number of ether oxygens (including phenoxy) is 2. The normalized spacial score (nSPS) is 15.5. The number of rotatable bonds is 3. The lowest BCUT2D eigenvalue weighted by Crippen LogP contribution is -2.40. The fourth-order valence-electron chi connectivity index (χ4n) is 5.87. The summed E-state index contributed by atoms with van der Waals surface area (Å²) in [5.74, 6) is 0.767. The smallest absolute Gasteiger partial charge is 0.345 e. The maximum Gasteiger partial charge on any atom is 0.345 e. The predicted octanol–water partition coefficient (Wildman–Crippen LogP) is 4.28. The first kappa shape index (κ1) is 32.9. The number of carboxylic acid groups (broad SMARTS) is 1. The number of hydrogen-bond donors (Lipinski definition) is 3. The van der Waals surface area contributed by atoms with Gasteiger partial charge in [-0.1, -0.05) is 18.2 Å². The molecule has 3 N–H and O–H groups in total. The third-order valence-electron chi connectivity index (χ3n) is 7.97. The van der Waals surface area contributed by atoms with Gasteiger partial charge in [0, 0.05) is 44.0 Å². The summed E-state index contributed by atoms with van der Waals surface area (Å²) in [6, 6.07) is 15.1. The second kappa shape index (κ2) is 14.7. The van der Waals surface area contributed by atoms with Gasteiger partial charge in [-0.3, -0.25) is 19.4 Å². The van der Waals surface area contributed by atoms with Gasteiger partial charge in [0.05, 0.1) is 24.4 Å². The van der Waals surface area contributed by atoms with Crippen molar-refractivity contribution in [1.82, 2.24) is 25.2 Å². The van der Waals surface area contributed by atoms with Crippen molar-refractivity contribution in [2.24, 2.45) is 0 Å². The lowest BCUT2D eigenvalue weighted by molar-refractivity contribution is -0.134. The summed E-state index contributed by atoms with van der Waals surface area (Å²) < 4.78 is 12.2. The van der Waals surface area contributed by atoms with Crippen LogP contribution in [0.15, 0.2) is 65.7 Å². The van der Waals surface area contributed by atoms with E-state index in [0.29, 0.717) is 67.5 Å². The molecule has 0 saturated carbocycles. The molecule has 2 aromatic carbocycles. The summed E-state index contributed by atoms with van der Waals surface area (Å²) in [5, 5.41) is 10.3. The Kier molecular flexibility index (Phi) is 10.3. The largest absolute Gasteiger partial charge is 0.494 e. The van der Waals surface area contributed by atoms with E-state index in [1.54, 1.807) is 19.2 Å². The molecule has 2 amide bonds. The molecule has 2 aromatic heterocycles. The Labute approximate surface area is 271 Å². The zero-order valence-electron chi connectivity index (χ0n) is 26.5. The van der Waals surface area contributed by atoms with Crippen molar-refractivity contribution in [1.29, 1.82) is 0 Å². The van der Waals surface area contributed by atoms with E-state index in [0.717, 1.165) is 34.9 Å². The van der Waals surface area contributed by atoms with Gasteiger partial charge >= 0.3 is 5.69 Å². The molecule has 0 saturated heterocycles. The fraction of sp³-hybridized carbons (Fsp3) is 0.314. The van der Waals surface area contributed by atoms with Crippen molar-refractivity contribution < 1.29 is 29.0 Å². The number of aliphatic carboxylic acids is 1. The van der Waals surface area contributed by atoms with Crippen LogP contribution in [0.2, 0.25) is 0 Å². The van der Waals surface area contributed by atoms with Gasteiger partial charge < -0.3 is 29.8 Å². The Bertz CT molecular complexity index is 1820. The van der Waals surface area contributed by atoms with Crippen molar-refractivity contribution in [3.05, 3.63) is 111 Å². The number of benzene rings is 2. The molecule has 4 aromatic rings. The maximum atomic E-state index is 13.9. The molecule has 12 heteroatoms. The van der Waals surface area contributed by atoms with Crippen LogP contribution in [0.25, 0.3) is 0 Å². The number of carboxylic acids is 1. The Balaban J connectivity index is 0.00000103. The van der Waals surface area contributed by atoms with Crippen molar-refractivity contribution in [3.63, 3.8) is 0 Å². The molecule has 12 nitrogen and oxygen atoms in total. The second-order valence-corrected chi connectivity index (χ2v) is 11.4. The molecule has 3 aliphatic heterocycles. The van der Waals surface area contributed by atoms with Crippen molar-refractivity contribution in [2.45, 2.75) is 52.5 Å². The van der Waals surface area contributed by atoms with Crippen LogP contribution in [0.3, 0.4) is 0 Å². The number of nitrogens with one attached hydrogen (secondary N) is 2. The molecule has 47 heavy (non-hydrogen) atoms. The van der Waals surface area contributed by atoms with Crippen LogP contribution < -0.4 is 20.5 Å². The molecule has 7 rings (SSSR count). The van der Waals surface area contributed by atoms with Crippen LogP contribution in [0.4, 0.5) is 0 Å². The van der Waals surface area contributed by atoms with E-state index < -0.39 is 5.97 Å². The summed E-state index contributed by atoms with van der Waals surface area (Å²) in [5.41, 5.74) is 5.37. The Morgan fingerprint density at radius 2 is 1.85 bits per heavy atom. The molecular formula is C35H37N5O7. The maximum absolute atomic E-state index is 13.9. The van der Waals surface area contributed by atoms with Crippen LogP contribution in [-0.4, -0.2) is 62.4 Å². The standard InChI is InChI=1S/C33H33N5O5.C2H4O2/c1-20-28(21(2)37-33(41)36-20)9-10-30(39)38-13-11-22-15-26-7-8-29(22)31(38)23-5-3-6-25(16-23)42-14-4-12-35-32(40)24-17-27(43-26)19-34-18-24;1-2(3)4/h3,5-8,15-19,31H,4,9-14H2,1-2H3,(H,35,40)(H,36,37,41);1H3,(H,3,4). The number of amides is 2. The number of hydrogen-bond acceptors (Lipinski definition) is 8. The van der Waals surface area contributed by atoms with Gasteiger partial charge in [-0.25, -0.2) is 4.79 Å². The average molecular weight is 640 g/mol. The van der Waals surface area contributed by atoms with Crippen LogP contribution in [0.1, 0.15) is 69.8 Å². The lowest BCUT2D eigenvalue weighted by atomic mass is 9.87.